The van der Waals surface area contributed by atoms with Crippen LogP contribution in [0, 0.1) is 5.92 Å². The Morgan fingerprint density at radius 2 is 2.06 bits per heavy atom. The van der Waals surface area contributed by atoms with Gasteiger partial charge in [0.05, 0.1) is 30.5 Å². The first kappa shape index (κ1) is 23.3. The molecule has 3 N–H and O–H groups in total. The number of alkyl halides is 3. The van der Waals surface area contributed by atoms with Gasteiger partial charge in [0.2, 0.25) is 0 Å². The maximum Gasteiger partial charge on any atom is 0.419 e. The smallest absolute Gasteiger partial charge is 0.419 e. The van der Waals surface area contributed by atoms with Gasteiger partial charge < -0.3 is 20.5 Å². The summed E-state index contributed by atoms with van der Waals surface area (Å²) in [5.74, 6) is 0.402. The van der Waals surface area contributed by atoms with E-state index in [1.54, 1.807) is 12.1 Å². The molecule has 0 aliphatic carbocycles. The lowest BCUT2D eigenvalue weighted by Gasteiger charge is -2.23. The normalized spacial score (nSPS) is 19.0. The molecule has 31 heavy (non-hydrogen) atoms. The first-order valence-corrected chi connectivity index (χ1v) is 10.5. The van der Waals surface area contributed by atoms with Crippen LogP contribution < -0.4 is 15.8 Å². The fourth-order valence-electron chi connectivity index (χ4n) is 3.63. The summed E-state index contributed by atoms with van der Waals surface area (Å²) in [6, 6.07) is 5.73. The molecule has 1 aliphatic rings. The lowest BCUT2D eigenvalue weighted by Crippen LogP contribution is -2.30. The quantitative estimate of drug-likeness (QED) is 0.631. The van der Waals surface area contributed by atoms with Gasteiger partial charge in [0.25, 0.3) is 0 Å². The van der Waals surface area contributed by atoms with E-state index in [0.717, 1.165) is 25.5 Å². The molecule has 0 bridgehead atoms. The number of nitrogens with one attached hydrogen (secondary N) is 1. The molecular weight excluding hydrogens is 409 g/mol. The molecule has 2 aromatic rings. The van der Waals surface area contributed by atoms with Crippen molar-refractivity contribution in [2.24, 2.45) is 11.7 Å². The molecule has 0 radical (unpaired) electrons. The average Bonchev–Trinajstić information content (AvgIpc) is 2.72. The molecule has 1 aromatic carbocycles. The van der Waals surface area contributed by atoms with E-state index in [1.807, 2.05) is 13.8 Å². The predicted octanol–water partition coefficient (Wildman–Crippen LogP) is 4.51. The third-order valence-corrected chi connectivity index (χ3v) is 5.06. The molecular formula is C22H29F3N4O2. The van der Waals surface area contributed by atoms with E-state index in [1.165, 1.54) is 12.4 Å². The fourth-order valence-corrected chi connectivity index (χ4v) is 3.63. The van der Waals surface area contributed by atoms with E-state index >= 15 is 0 Å². The number of hydrogen-bond acceptors (Lipinski definition) is 6. The number of hydrogen-bond donors (Lipinski definition) is 2. The Hall–Kier alpha value is -2.39. The van der Waals surface area contributed by atoms with Crippen molar-refractivity contribution < 1.29 is 22.6 Å². The zero-order valence-corrected chi connectivity index (χ0v) is 17.8. The van der Waals surface area contributed by atoms with Gasteiger partial charge in [-0.15, -0.1) is 0 Å². The van der Waals surface area contributed by atoms with Crippen molar-refractivity contribution in [1.29, 1.82) is 0 Å². The maximum atomic E-state index is 13.7. The summed E-state index contributed by atoms with van der Waals surface area (Å²) >= 11 is 0. The molecule has 1 aliphatic heterocycles. The molecule has 3 atom stereocenters. The Kier molecular flexibility index (Phi) is 7.72. The summed E-state index contributed by atoms with van der Waals surface area (Å²) in [6.45, 7) is 5.24. The standard InChI is InChI=1S/C22H29F3N4O2/c1-14(8-15(2)26)11-31-20-6-5-16(9-18(20)22(23,24)25)19-10-21(28-13-27-19)29-17-4-3-7-30-12-17/h5-6,9-10,13-15,17H,3-4,7-8,11-12,26H2,1-2H3,(H,27,28,29). The van der Waals surface area contributed by atoms with Gasteiger partial charge in [-0.05, 0) is 50.3 Å². The van der Waals surface area contributed by atoms with E-state index in [2.05, 4.69) is 15.3 Å². The molecule has 6 nitrogen and oxygen atoms in total. The minimum atomic E-state index is -4.55. The van der Waals surface area contributed by atoms with Crippen LogP contribution in [0.4, 0.5) is 19.0 Å². The number of anilines is 1. The van der Waals surface area contributed by atoms with E-state index in [-0.39, 0.29) is 30.4 Å². The summed E-state index contributed by atoms with van der Waals surface area (Å²) in [4.78, 5) is 8.34. The summed E-state index contributed by atoms with van der Waals surface area (Å²) in [7, 11) is 0. The maximum absolute atomic E-state index is 13.7. The largest absolute Gasteiger partial charge is 0.493 e. The molecule has 3 rings (SSSR count). The van der Waals surface area contributed by atoms with E-state index < -0.39 is 11.7 Å². The highest BCUT2D eigenvalue weighted by molar-refractivity contribution is 5.65. The van der Waals surface area contributed by atoms with Crippen LogP contribution in [0.15, 0.2) is 30.6 Å². The second kappa shape index (κ2) is 10.3. The molecule has 1 fully saturated rings. The minimum absolute atomic E-state index is 0.0381. The second-order valence-corrected chi connectivity index (χ2v) is 8.18. The molecule has 0 spiro atoms. The number of ether oxygens (including phenoxy) is 2. The summed E-state index contributed by atoms with van der Waals surface area (Å²) in [5, 5.41) is 3.26. The molecule has 3 unspecified atom stereocenters. The zero-order valence-electron chi connectivity index (χ0n) is 17.8. The SMILES string of the molecule is CC(N)CC(C)COc1ccc(-c2cc(NC3CCCOC3)ncn2)cc1C(F)(F)F. The van der Waals surface area contributed by atoms with Crippen molar-refractivity contribution in [3.8, 4) is 17.0 Å². The monoisotopic (exact) mass is 438 g/mol. The van der Waals surface area contributed by atoms with Crippen LogP contribution in [0.3, 0.4) is 0 Å². The minimum Gasteiger partial charge on any atom is -0.493 e. The molecule has 2 heterocycles. The van der Waals surface area contributed by atoms with Crippen LogP contribution >= 0.6 is 0 Å². The number of benzene rings is 1. The Morgan fingerprint density at radius 3 is 2.74 bits per heavy atom. The van der Waals surface area contributed by atoms with Crippen molar-refractivity contribution in [3.05, 3.63) is 36.2 Å². The van der Waals surface area contributed by atoms with Gasteiger partial charge in [0, 0.05) is 24.3 Å². The summed E-state index contributed by atoms with van der Waals surface area (Å²) in [5.41, 5.74) is 5.67. The van der Waals surface area contributed by atoms with Gasteiger partial charge >= 0.3 is 6.18 Å². The van der Waals surface area contributed by atoms with Crippen molar-refractivity contribution in [1.82, 2.24) is 9.97 Å². The van der Waals surface area contributed by atoms with Crippen molar-refractivity contribution in [2.75, 3.05) is 25.1 Å². The van der Waals surface area contributed by atoms with Crippen LogP contribution in [0.5, 0.6) is 5.75 Å². The Morgan fingerprint density at radius 1 is 1.26 bits per heavy atom. The van der Waals surface area contributed by atoms with Crippen LogP contribution in [-0.4, -0.2) is 41.9 Å². The molecule has 9 heteroatoms. The Bertz CT molecular complexity index is 855. The molecule has 1 saturated heterocycles. The zero-order chi connectivity index (χ0) is 22.4. The van der Waals surface area contributed by atoms with Crippen LogP contribution in [0.25, 0.3) is 11.3 Å². The van der Waals surface area contributed by atoms with Gasteiger partial charge in [-0.25, -0.2) is 9.97 Å². The topological polar surface area (TPSA) is 82.3 Å². The van der Waals surface area contributed by atoms with Gasteiger partial charge in [-0.2, -0.15) is 13.2 Å². The number of nitrogens with zero attached hydrogens (tertiary/aromatic N) is 2. The molecule has 1 aromatic heterocycles. The molecule has 0 saturated carbocycles. The second-order valence-electron chi connectivity index (χ2n) is 8.18. The highest BCUT2D eigenvalue weighted by atomic mass is 19.4. The molecule has 0 amide bonds. The first-order valence-electron chi connectivity index (χ1n) is 10.5. The lowest BCUT2D eigenvalue weighted by atomic mass is 10.0. The van der Waals surface area contributed by atoms with Gasteiger partial charge in [-0.3, -0.25) is 0 Å². The van der Waals surface area contributed by atoms with Crippen molar-refractivity contribution in [3.63, 3.8) is 0 Å². The van der Waals surface area contributed by atoms with Gasteiger partial charge in [0.15, 0.2) is 0 Å². The fraction of sp³-hybridized carbons (Fsp3) is 0.545. The van der Waals surface area contributed by atoms with Gasteiger partial charge in [-0.1, -0.05) is 6.92 Å². The molecule has 170 valence electrons. The predicted molar refractivity (Wildman–Crippen MR) is 113 cm³/mol. The summed E-state index contributed by atoms with van der Waals surface area (Å²) in [6.07, 6.45) is -0.639. The van der Waals surface area contributed by atoms with Gasteiger partial charge in [0.1, 0.15) is 17.9 Å². The van der Waals surface area contributed by atoms with Crippen LogP contribution in [0.1, 0.15) is 38.7 Å². The van der Waals surface area contributed by atoms with E-state index in [0.29, 0.717) is 30.1 Å². The third-order valence-electron chi connectivity index (χ3n) is 5.06. The lowest BCUT2D eigenvalue weighted by molar-refractivity contribution is -0.139. The number of rotatable bonds is 8. The van der Waals surface area contributed by atoms with Crippen molar-refractivity contribution in [2.45, 2.75) is 51.4 Å². The number of halogens is 3. The highest BCUT2D eigenvalue weighted by Gasteiger charge is 2.35. The van der Waals surface area contributed by atoms with Crippen LogP contribution in [-0.2, 0) is 10.9 Å². The number of nitrogens with two attached hydrogens (primary N) is 1. The Labute approximate surface area is 180 Å². The third kappa shape index (κ3) is 6.80. The van der Waals surface area contributed by atoms with Crippen molar-refractivity contribution >= 4 is 5.82 Å². The summed E-state index contributed by atoms with van der Waals surface area (Å²) < 4.78 is 52.1. The number of aromatic nitrogens is 2. The highest BCUT2D eigenvalue weighted by Crippen LogP contribution is 2.39. The van der Waals surface area contributed by atoms with Crippen LogP contribution in [0.2, 0.25) is 0 Å². The van der Waals surface area contributed by atoms with E-state index in [9.17, 15) is 13.2 Å². The Balaban J connectivity index is 1.79. The first-order chi connectivity index (χ1) is 14.7. The van der Waals surface area contributed by atoms with E-state index in [4.69, 9.17) is 15.2 Å². The average molecular weight is 438 g/mol.